The lowest BCUT2D eigenvalue weighted by Gasteiger charge is -2.34. The van der Waals surface area contributed by atoms with Crippen molar-refractivity contribution in [1.29, 1.82) is 0 Å². The van der Waals surface area contributed by atoms with E-state index < -0.39 is 5.60 Å². The van der Waals surface area contributed by atoms with E-state index in [4.69, 9.17) is 0 Å². The zero-order chi connectivity index (χ0) is 22.0. The molecule has 164 valence electrons. The van der Waals surface area contributed by atoms with E-state index in [1.165, 1.54) is 5.56 Å². The number of hydrogen-bond donors (Lipinski definition) is 1. The summed E-state index contributed by atoms with van der Waals surface area (Å²) in [7, 11) is 2.14. The highest BCUT2D eigenvalue weighted by molar-refractivity contribution is 5.47. The summed E-state index contributed by atoms with van der Waals surface area (Å²) in [5.41, 5.74) is 1.80. The van der Waals surface area contributed by atoms with Crippen molar-refractivity contribution in [3.8, 4) is 5.69 Å². The maximum Gasteiger partial charge on any atom is 0.332 e. The fraction of sp³-hybridized carbons (Fsp3) is 0.417. The molecule has 3 aromatic rings. The van der Waals surface area contributed by atoms with Crippen LogP contribution in [0.2, 0.25) is 0 Å². The molecule has 1 aliphatic heterocycles. The zero-order valence-electron chi connectivity index (χ0n) is 18.5. The van der Waals surface area contributed by atoms with E-state index in [9.17, 15) is 9.90 Å². The number of rotatable bonds is 6. The predicted molar refractivity (Wildman–Crippen MR) is 123 cm³/mol. The molecule has 0 saturated carbocycles. The number of hydrogen-bond acceptors (Lipinski definition) is 5. The molecule has 0 bridgehead atoms. The Morgan fingerprint density at radius 3 is 2.42 bits per heavy atom. The van der Waals surface area contributed by atoms with Gasteiger partial charge in [0.2, 0.25) is 0 Å². The molecule has 2 aromatic heterocycles. The summed E-state index contributed by atoms with van der Waals surface area (Å²) in [6.07, 6.45) is 6.22. The average Bonchev–Trinajstić information content (AvgIpc) is 3.13. The maximum atomic E-state index is 12.9. The fourth-order valence-corrected chi connectivity index (χ4v) is 3.98. The van der Waals surface area contributed by atoms with E-state index >= 15 is 0 Å². The number of anilines is 1. The molecule has 1 aliphatic rings. The first kappa shape index (κ1) is 21.3. The number of likely N-dealkylation sites (N-methyl/N-ethyl adjacent to an activating group) is 1. The monoisotopic (exact) mass is 421 g/mol. The summed E-state index contributed by atoms with van der Waals surface area (Å²) in [4.78, 5) is 22.2. The number of aromatic nitrogens is 3. The van der Waals surface area contributed by atoms with E-state index in [1.54, 1.807) is 29.2 Å². The van der Waals surface area contributed by atoms with E-state index in [-0.39, 0.29) is 5.69 Å². The molecular weight excluding hydrogens is 390 g/mol. The number of aryl methyl sites for hydroxylation is 2. The van der Waals surface area contributed by atoms with Crippen LogP contribution in [-0.2, 0) is 18.6 Å². The molecular formula is C24H31N5O2. The number of pyridine rings is 1. The fourth-order valence-electron chi connectivity index (χ4n) is 3.98. The number of nitrogens with zero attached hydrogens (tertiary/aromatic N) is 5. The molecule has 7 heteroatoms. The van der Waals surface area contributed by atoms with Gasteiger partial charge in [-0.05, 0) is 56.6 Å². The summed E-state index contributed by atoms with van der Waals surface area (Å²) in [6, 6.07) is 11.5. The SMILES string of the molecule is CN1CCN(c2ncccc2CCn2ccn(-c3ccc(C(C)(C)O)cc3)c2=O)CC1. The summed E-state index contributed by atoms with van der Waals surface area (Å²) in [5.74, 6) is 1.03. The van der Waals surface area contributed by atoms with Crippen LogP contribution >= 0.6 is 0 Å². The highest BCUT2D eigenvalue weighted by atomic mass is 16.3. The van der Waals surface area contributed by atoms with Gasteiger partial charge in [0.15, 0.2) is 0 Å². The van der Waals surface area contributed by atoms with Gasteiger partial charge in [-0.3, -0.25) is 9.13 Å². The molecule has 31 heavy (non-hydrogen) atoms. The summed E-state index contributed by atoms with van der Waals surface area (Å²) >= 11 is 0. The largest absolute Gasteiger partial charge is 0.386 e. The lowest BCUT2D eigenvalue weighted by molar-refractivity contribution is 0.0786. The topological polar surface area (TPSA) is 66.5 Å². The first-order chi connectivity index (χ1) is 14.8. The van der Waals surface area contributed by atoms with Gasteiger partial charge in [-0.1, -0.05) is 18.2 Å². The molecule has 0 unspecified atom stereocenters. The summed E-state index contributed by atoms with van der Waals surface area (Å²) in [5, 5.41) is 10.1. The van der Waals surface area contributed by atoms with Crippen LogP contribution in [-0.4, -0.2) is 57.4 Å². The van der Waals surface area contributed by atoms with Crippen LogP contribution in [0, 0.1) is 0 Å². The molecule has 0 amide bonds. The quantitative estimate of drug-likeness (QED) is 0.661. The molecule has 0 atom stereocenters. The van der Waals surface area contributed by atoms with Crippen LogP contribution in [0.1, 0.15) is 25.0 Å². The molecule has 1 fully saturated rings. The molecule has 1 aromatic carbocycles. The zero-order valence-corrected chi connectivity index (χ0v) is 18.5. The Morgan fingerprint density at radius 2 is 1.74 bits per heavy atom. The molecule has 3 heterocycles. The van der Waals surface area contributed by atoms with Gasteiger partial charge in [0.1, 0.15) is 5.82 Å². The van der Waals surface area contributed by atoms with E-state index in [1.807, 2.05) is 42.7 Å². The second-order valence-corrected chi connectivity index (χ2v) is 8.78. The molecule has 1 N–H and O–H groups in total. The Kier molecular flexibility index (Phi) is 5.98. The van der Waals surface area contributed by atoms with Gasteiger partial charge in [0, 0.05) is 51.3 Å². The molecule has 4 rings (SSSR count). The molecule has 0 spiro atoms. The number of benzene rings is 1. The standard InChI is InChI=1S/C24H31N5O2/c1-24(2,31)20-6-8-21(9-7-20)29-18-17-28(23(29)30)12-10-19-5-4-11-25-22(19)27-15-13-26(3)14-16-27/h4-9,11,17-18,31H,10,12-16H2,1-3H3. The van der Waals surface area contributed by atoms with Crippen molar-refractivity contribution in [2.45, 2.75) is 32.4 Å². The van der Waals surface area contributed by atoms with Crippen molar-refractivity contribution in [2.24, 2.45) is 0 Å². The number of imidazole rings is 1. The first-order valence-corrected chi connectivity index (χ1v) is 10.8. The average molecular weight is 422 g/mol. The smallest absolute Gasteiger partial charge is 0.332 e. The molecule has 7 nitrogen and oxygen atoms in total. The van der Waals surface area contributed by atoms with E-state index in [0.717, 1.165) is 49.7 Å². The van der Waals surface area contributed by atoms with E-state index in [2.05, 4.69) is 27.9 Å². The van der Waals surface area contributed by atoms with Crippen LogP contribution in [0.4, 0.5) is 5.82 Å². The van der Waals surface area contributed by atoms with Crippen molar-refractivity contribution in [3.05, 3.63) is 76.6 Å². The van der Waals surface area contributed by atoms with E-state index in [0.29, 0.717) is 6.54 Å². The van der Waals surface area contributed by atoms with Crippen LogP contribution in [0.15, 0.2) is 59.8 Å². The van der Waals surface area contributed by atoms with Gasteiger partial charge in [-0.2, -0.15) is 0 Å². The minimum absolute atomic E-state index is 0.0685. The van der Waals surface area contributed by atoms with Crippen molar-refractivity contribution in [2.75, 3.05) is 38.1 Å². The highest BCUT2D eigenvalue weighted by Crippen LogP contribution is 2.21. The third-order valence-electron chi connectivity index (χ3n) is 5.99. The minimum atomic E-state index is -0.902. The Balaban J connectivity index is 1.49. The van der Waals surface area contributed by atoms with Gasteiger partial charge in [-0.15, -0.1) is 0 Å². The van der Waals surface area contributed by atoms with Crippen molar-refractivity contribution in [1.82, 2.24) is 19.0 Å². The summed E-state index contributed by atoms with van der Waals surface area (Å²) in [6.45, 7) is 8.10. The van der Waals surface area contributed by atoms with Crippen LogP contribution in [0.5, 0.6) is 0 Å². The maximum absolute atomic E-state index is 12.9. The van der Waals surface area contributed by atoms with Gasteiger partial charge in [0.05, 0.1) is 11.3 Å². The second kappa shape index (κ2) is 8.69. The minimum Gasteiger partial charge on any atom is -0.386 e. The molecule has 1 saturated heterocycles. The van der Waals surface area contributed by atoms with Gasteiger partial charge < -0.3 is 14.9 Å². The third kappa shape index (κ3) is 4.73. The Labute approximate surface area is 183 Å². The van der Waals surface area contributed by atoms with Gasteiger partial charge in [-0.25, -0.2) is 9.78 Å². The Hall–Kier alpha value is -2.90. The summed E-state index contributed by atoms with van der Waals surface area (Å²) < 4.78 is 3.38. The van der Waals surface area contributed by atoms with Gasteiger partial charge >= 0.3 is 5.69 Å². The first-order valence-electron chi connectivity index (χ1n) is 10.8. The van der Waals surface area contributed by atoms with Crippen LogP contribution in [0.25, 0.3) is 5.69 Å². The lowest BCUT2D eigenvalue weighted by atomic mass is 9.98. The van der Waals surface area contributed by atoms with Crippen molar-refractivity contribution in [3.63, 3.8) is 0 Å². The van der Waals surface area contributed by atoms with Crippen LogP contribution in [0.3, 0.4) is 0 Å². The molecule has 0 aliphatic carbocycles. The normalized spacial score (nSPS) is 15.4. The third-order valence-corrected chi connectivity index (χ3v) is 5.99. The Bertz CT molecular complexity index is 1070. The number of piperazine rings is 1. The van der Waals surface area contributed by atoms with Crippen LogP contribution < -0.4 is 10.6 Å². The predicted octanol–water partition coefficient (Wildman–Crippen LogP) is 2.26. The lowest BCUT2D eigenvalue weighted by Crippen LogP contribution is -2.45. The Morgan fingerprint density at radius 1 is 1.03 bits per heavy atom. The van der Waals surface area contributed by atoms with Crippen molar-refractivity contribution < 1.29 is 5.11 Å². The molecule has 0 radical (unpaired) electrons. The number of aliphatic hydroxyl groups is 1. The van der Waals surface area contributed by atoms with Gasteiger partial charge in [0.25, 0.3) is 0 Å². The highest BCUT2D eigenvalue weighted by Gasteiger charge is 2.18. The second-order valence-electron chi connectivity index (χ2n) is 8.78. The van der Waals surface area contributed by atoms with Crippen molar-refractivity contribution >= 4 is 5.82 Å².